The van der Waals surface area contributed by atoms with E-state index in [1.165, 1.54) is 24.3 Å². The summed E-state index contributed by atoms with van der Waals surface area (Å²) >= 11 is 0. The van der Waals surface area contributed by atoms with Crippen LogP contribution in [0.5, 0.6) is 0 Å². The Hall–Kier alpha value is -2.89. The molecule has 162 valence electrons. The standard InChI is InChI=1S/C20H22N6O4S/c27-26(28)15-7-9-18(10-8-15)31(29,30)25-14-16-4-3-11-23(16)12-17(25)13-24-20-6-2-1-5-19(20)21-22-24/h1-2,5-10,16-17H,3-4,11-14H2/t16-,17-/m1/s1. The van der Waals surface area contributed by atoms with Gasteiger partial charge in [0.2, 0.25) is 10.0 Å². The predicted molar refractivity (Wildman–Crippen MR) is 113 cm³/mol. The van der Waals surface area contributed by atoms with E-state index in [1.54, 1.807) is 8.99 Å². The van der Waals surface area contributed by atoms with Gasteiger partial charge in [-0.05, 0) is 43.7 Å². The van der Waals surface area contributed by atoms with E-state index in [-0.39, 0.29) is 22.7 Å². The molecule has 2 saturated heterocycles. The van der Waals surface area contributed by atoms with Gasteiger partial charge in [-0.2, -0.15) is 4.31 Å². The van der Waals surface area contributed by atoms with Gasteiger partial charge < -0.3 is 0 Å². The predicted octanol–water partition coefficient (Wildman–Crippen LogP) is 1.88. The van der Waals surface area contributed by atoms with Crippen molar-refractivity contribution in [3.05, 3.63) is 58.6 Å². The fourth-order valence-electron chi connectivity index (χ4n) is 4.63. The highest BCUT2D eigenvalue weighted by atomic mass is 32.2. The van der Waals surface area contributed by atoms with Crippen molar-refractivity contribution in [2.24, 2.45) is 0 Å². The highest BCUT2D eigenvalue weighted by Crippen LogP contribution is 2.30. The zero-order chi connectivity index (χ0) is 21.6. The van der Waals surface area contributed by atoms with Crippen LogP contribution in [0.25, 0.3) is 11.0 Å². The number of hydrogen-bond donors (Lipinski definition) is 0. The molecule has 0 unspecified atom stereocenters. The van der Waals surface area contributed by atoms with Crippen molar-refractivity contribution >= 4 is 26.7 Å². The maximum Gasteiger partial charge on any atom is 0.269 e. The molecule has 2 aromatic carbocycles. The van der Waals surface area contributed by atoms with Crippen molar-refractivity contribution in [2.45, 2.75) is 36.4 Å². The largest absolute Gasteiger partial charge is 0.297 e. The van der Waals surface area contributed by atoms with Crippen LogP contribution < -0.4 is 0 Å². The van der Waals surface area contributed by atoms with Gasteiger partial charge in [-0.15, -0.1) is 5.10 Å². The van der Waals surface area contributed by atoms with Crippen LogP contribution >= 0.6 is 0 Å². The van der Waals surface area contributed by atoms with Gasteiger partial charge in [-0.3, -0.25) is 15.0 Å². The van der Waals surface area contributed by atoms with E-state index < -0.39 is 14.9 Å². The number of hydrogen-bond acceptors (Lipinski definition) is 7. The molecule has 1 aromatic heterocycles. The lowest BCUT2D eigenvalue weighted by atomic mass is 10.1. The van der Waals surface area contributed by atoms with Gasteiger partial charge in [0.05, 0.1) is 27.9 Å². The number of nitrogens with zero attached hydrogens (tertiary/aromatic N) is 6. The Morgan fingerprint density at radius 3 is 2.65 bits per heavy atom. The molecule has 3 aromatic rings. The van der Waals surface area contributed by atoms with E-state index >= 15 is 0 Å². The molecule has 11 heteroatoms. The van der Waals surface area contributed by atoms with Crippen LogP contribution in [0.15, 0.2) is 53.4 Å². The van der Waals surface area contributed by atoms with Crippen LogP contribution in [0.2, 0.25) is 0 Å². The quantitative estimate of drug-likeness (QED) is 0.438. The van der Waals surface area contributed by atoms with Gasteiger partial charge in [-0.1, -0.05) is 17.3 Å². The second kappa shape index (κ2) is 7.66. The fourth-order valence-corrected chi connectivity index (χ4v) is 6.28. The fraction of sp³-hybridized carbons (Fsp3) is 0.400. The van der Waals surface area contributed by atoms with E-state index in [0.29, 0.717) is 19.6 Å². The van der Waals surface area contributed by atoms with E-state index in [4.69, 9.17) is 0 Å². The van der Waals surface area contributed by atoms with Gasteiger partial charge >= 0.3 is 0 Å². The number of para-hydroxylation sites is 1. The molecular weight excluding hydrogens is 420 g/mol. The molecule has 2 atom stereocenters. The van der Waals surface area contributed by atoms with E-state index in [0.717, 1.165) is 30.4 Å². The number of non-ortho nitro benzene ring substituents is 1. The van der Waals surface area contributed by atoms with E-state index in [9.17, 15) is 18.5 Å². The van der Waals surface area contributed by atoms with Crippen LogP contribution in [-0.2, 0) is 16.6 Å². The second-order valence-electron chi connectivity index (χ2n) is 8.03. The Morgan fingerprint density at radius 1 is 1.10 bits per heavy atom. The molecule has 3 heterocycles. The van der Waals surface area contributed by atoms with Crippen molar-refractivity contribution < 1.29 is 13.3 Å². The van der Waals surface area contributed by atoms with Crippen LogP contribution in [0, 0.1) is 10.1 Å². The Morgan fingerprint density at radius 2 is 1.87 bits per heavy atom. The molecule has 0 spiro atoms. The van der Waals surface area contributed by atoms with Gasteiger partial charge in [0, 0.05) is 31.3 Å². The average Bonchev–Trinajstić information content (AvgIpc) is 3.40. The summed E-state index contributed by atoms with van der Waals surface area (Å²) in [7, 11) is -3.83. The third kappa shape index (κ3) is 3.58. The number of fused-ring (bicyclic) bond motifs is 2. The number of rotatable bonds is 5. The number of piperazine rings is 1. The summed E-state index contributed by atoms with van der Waals surface area (Å²) in [5, 5.41) is 19.4. The lowest BCUT2D eigenvalue weighted by molar-refractivity contribution is -0.384. The molecule has 0 bridgehead atoms. The summed E-state index contributed by atoms with van der Waals surface area (Å²) in [6.07, 6.45) is 2.01. The molecule has 0 aliphatic carbocycles. The molecule has 0 N–H and O–H groups in total. The number of sulfonamides is 1. The van der Waals surface area contributed by atoms with E-state index in [1.807, 2.05) is 24.3 Å². The number of aromatic nitrogens is 3. The Bertz CT molecular complexity index is 1230. The first-order valence-corrected chi connectivity index (χ1v) is 11.7. The van der Waals surface area contributed by atoms with Gasteiger partial charge in [-0.25, -0.2) is 13.1 Å². The molecular formula is C20H22N6O4S. The number of benzene rings is 2. The highest BCUT2D eigenvalue weighted by molar-refractivity contribution is 7.89. The summed E-state index contributed by atoms with van der Waals surface area (Å²) in [6, 6.07) is 12.6. The third-order valence-electron chi connectivity index (χ3n) is 6.20. The minimum Gasteiger partial charge on any atom is -0.297 e. The van der Waals surface area contributed by atoms with E-state index in [2.05, 4.69) is 15.2 Å². The van der Waals surface area contributed by atoms with Crippen molar-refractivity contribution in [1.29, 1.82) is 0 Å². The van der Waals surface area contributed by atoms with Crippen LogP contribution in [0.1, 0.15) is 12.8 Å². The summed E-state index contributed by atoms with van der Waals surface area (Å²) in [5.74, 6) is 0. The SMILES string of the molecule is O=[N+]([O-])c1ccc(S(=O)(=O)N2C[C@H]3CCCN3C[C@@H]2Cn2nnc3ccccc32)cc1. The summed E-state index contributed by atoms with van der Waals surface area (Å²) in [6.45, 7) is 2.36. The second-order valence-corrected chi connectivity index (χ2v) is 9.92. The van der Waals surface area contributed by atoms with Crippen molar-refractivity contribution in [1.82, 2.24) is 24.2 Å². The monoisotopic (exact) mass is 442 g/mol. The molecule has 2 aliphatic rings. The first-order chi connectivity index (χ1) is 14.9. The van der Waals surface area contributed by atoms with Gasteiger partial charge in [0.25, 0.3) is 5.69 Å². The van der Waals surface area contributed by atoms with Crippen molar-refractivity contribution in [2.75, 3.05) is 19.6 Å². The Kier molecular flexibility index (Phi) is 4.95. The number of nitro benzene ring substituents is 1. The summed E-state index contributed by atoms with van der Waals surface area (Å²) < 4.78 is 30.4. The Balaban J connectivity index is 1.49. The van der Waals surface area contributed by atoms with Crippen molar-refractivity contribution in [3.8, 4) is 0 Å². The third-order valence-corrected chi connectivity index (χ3v) is 8.13. The van der Waals surface area contributed by atoms with Crippen LogP contribution in [0.4, 0.5) is 5.69 Å². The Labute approximate surface area is 179 Å². The minimum absolute atomic E-state index is 0.0676. The van der Waals surface area contributed by atoms with Crippen LogP contribution in [-0.4, -0.2) is 69.3 Å². The minimum atomic E-state index is -3.83. The summed E-state index contributed by atoms with van der Waals surface area (Å²) in [4.78, 5) is 12.8. The zero-order valence-electron chi connectivity index (χ0n) is 16.7. The van der Waals surface area contributed by atoms with Gasteiger partial charge in [0.1, 0.15) is 5.52 Å². The molecule has 0 saturated carbocycles. The van der Waals surface area contributed by atoms with Gasteiger partial charge in [0.15, 0.2) is 0 Å². The maximum atomic E-state index is 13.6. The van der Waals surface area contributed by atoms with Crippen molar-refractivity contribution in [3.63, 3.8) is 0 Å². The molecule has 0 amide bonds. The molecule has 31 heavy (non-hydrogen) atoms. The normalized spacial score (nSPS) is 22.6. The average molecular weight is 443 g/mol. The zero-order valence-corrected chi connectivity index (χ0v) is 17.6. The summed E-state index contributed by atoms with van der Waals surface area (Å²) in [5.41, 5.74) is 1.49. The van der Waals surface area contributed by atoms with Crippen LogP contribution in [0.3, 0.4) is 0 Å². The number of nitro groups is 1. The topological polar surface area (TPSA) is 114 Å². The molecule has 2 aliphatic heterocycles. The molecule has 0 radical (unpaired) electrons. The maximum absolute atomic E-state index is 13.6. The first-order valence-electron chi connectivity index (χ1n) is 10.2. The highest BCUT2D eigenvalue weighted by Gasteiger charge is 2.42. The molecule has 10 nitrogen and oxygen atoms in total. The lowest BCUT2D eigenvalue weighted by Gasteiger charge is -2.42. The molecule has 2 fully saturated rings. The first kappa shape index (κ1) is 20.0. The molecule has 5 rings (SSSR count). The smallest absolute Gasteiger partial charge is 0.269 e. The lowest BCUT2D eigenvalue weighted by Crippen LogP contribution is -2.58.